The van der Waals surface area contributed by atoms with Crippen molar-refractivity contribution in [2.45, 2.75) is 45.8 Å². The van der Waals surface area contributed by atoms with Crippen LogP contribution in [0.5, 0.6) is 0 Å². The number of pyridine rings is 1. The number of likely N-dealkylation sites (tertiary alicyclic amines) is 1. The molecule has 0 aliphatic carbocycles. The van der Waals surface area contributed by atoms with Gasteiger partial charge in [0.05, 0.1) is 23.0 Å². The summed E-state index contributed by atoms with van der Waals surface area (Å²) in [5.74, 6) is 0.476. The van der Waals surface area contributed by atoms with Crippen molar-refractivity contribution in [1.82, 2.24) is 24.6 Å². The molecule has 9 heteroatoms. The number of aromatic nitrogens is 3. The largest absolute Gasteiger partial charge is 0.417 e. The van der Waals surface area contributed by atoms with Crippen LogP contribution in [0.2, 0.25) is 0 Å². The lowest BCUT2D eigenvalue weighted by Crippen LogP contribution is -2.48. The van der Waals surface area contributed by atoms with Gasteiger partial charge in [0.15, 0.2) is 5.82 Å². The maximum Gasteiger partial charge on any atom is 0.417 e. The molecule has 0 radical (unpaired) electrons. The van der Waals surface area contributed by atoms with Crippen LogP contribution in [0.25, 0.3) is 5.82 Å². The van der Waals surface area contributed by atoms with Gasteiger partial charge in [0.1, 0.15) is 0 Å². The van der Waals surface area contributed by atoms with Gasteiger partial charge in [-0.05, 0) is 58.0 Å². The summed E-state index contributed by atoms with van der Waals surface area (Å²) in [7, 11) is 2.08. The molecular weight excluding hydrogens is 395 g/mol. The minimum Gasteiger partial charge on any atom is -0.335 e. The van der Waals surface area contributed by atoms with Gasteiger partial charge in [-0.15, -0.1) is 0 Å². The van der Waals surface area contributed by atoms with Crippen molar-refractivity contribution >= 4 is 5.91 Å². The van der Waals surface area contributed by atoms with Crippen LogP contribution in [-0.2, 0) is 6.18 Å². The predicted molar refractivity (Wildman–Crippen MR) is 107 cm³/mol. The Morgan fingerprint density at radius 3 is 2.43 bits per heavy atom. The third-order valence-electron chi connectivity index (χ3n) is 5.48. The highest BCUT2D eigenvalue weighted by Gasteiger charge is 2.32. The van der Waals surface area contributed by atoms with Crippen molar-refractivity contribution in [3.8, 4) is 5.82 Å². The number of carbonyl (C=O) groups is 1. The van der Waals surface area contributed by atoms with Crippen molar-refractivity contribution in [1.29, 1.82) is 0 Å². The van der Waals surface area contributed by atoms with E-state index in [0.717, 1.165) is 38.2 Å². The first-order chi connectivity index (χ1) is 14.1. The summed E-state index contributed by atoms with van der Waals surface area (Å²) in [6.07, 6.45) is -0.344. The molecule has 3 rings (SSSR count). The van der Waals surface area contributed by atoms with Crippen molar-refractivity contribution in [2.24, 2.45) is 5.92 Å². The number of nitrogens with zero attached hydrogens (tertiary/aromatic N) is 5. The summed E-state index contributed by atoms with van der Waals surface area (Å²) in [6.45, 7) is 8.44. The summed E-state index contributed by atoms with van der Waals surface area (Å²) in [5, 5.41) is 4.23. The molecule has 2 aromatic heterocycles. The smallest absolute Gasteiger partial charge is 0.335 e. The van der Waals surface area contributed by atoms with Gasteiger partial charge in [0.2, 0.25) is 0 Å². The zero-order chi connectivity index (χ0) is 22.1. The molecule has 0 atom stereocenters. The number of piperidine rings is 1. The first kappa shape index (κ1) is 22.3. The van der Waals surface area contributed by atoms with Crippen molar-refractivity contribution in [3.63, 3.8) is 0 Å². The highest BCUT2D eigenvalue weighted by Crippen LogP contribution is 2.29. The average Bonchev–Trinajstić information content (AvgIpc) is 3.07. The summed E-state index contributed by atoms with van der Waals surface area (Å²) in [4.78, 5) is 21.5. The SMILES string of the molecule is Cc1c(C(=O)N(CC(C)C)C2CCN(C)CC2)cnn1-c1ccc(C(F)(F)F)cn1. The molecule has 1 aliphatic heterocycles. The van der Waals surface area contributed by atoms with Crippen molar-refractivity contribution in [3.05, 3.63) is 41.3 Å². The third-order valence-corrected chi connectivity index (χ3v) is 5.48. The van der Waals surface area contributed by atoms with Crippen LogP contribution in [0.4, 0.5) is 13.2 Å². The van der Waals surface area contributed by atoms with Crippen LogP contribution >= 0.6 is 0 Å². The van der Waals surface area contributed by atoms with Gasteiger partial charge in [-0.25, -0.2) is 9.67 Å². The second-order valence-electron chi connectivity index (χ2n) is 8.34. The van der Waals surface area contributed by atoms with E-state index in [1.54, 1.807) is 6.92 Å². The van der Waals surface area contributed by atoms with E-state index in [1.807, 2.05) is 4.90 Å². The van der Waals surface area contributed by atoms with Gasteiger partial charge in [-0.2, -0.15) is 18.3 Å². The lowest BCUT2D eigenvalue weighted by molar-refractivity contribution is -0.137. The molecule has 1 amide bonds. The molecule has 1 aliphatic rings. The number of rotatable bonds is 5. The van der Waals surface area contributed by atoms with Gasteiger partial charge in [0, 0.05) is 18.8 Å². The second kappa shape index (κ2) is 8.75. The minimum atomic E-state index is -4.45. The van der Waals surface area contributed by atoms with Crippen LogP contribution in [0.3, 0.4) is 0 Å². The van der Waals surface area contributed by atoms with Gasteiger partial charge >= 0.3 is 6.18 Å². The number of alkyl halides is 3. The Morgan fingerprint density at radius 2 is 1.90 bits per heavy atom. The van der Waals surface area contributed by atoms with E-state index in [1.165, 1.54) is 16.9 Å². The molecule has 2 aromatic rings. The lowest BCUT2D eigenvalue weighted by Gasteiger charge is -2.38. The standard InChI is InChI=1S/C21H28F3N5O/c1-14(2)13-28(17-7-9-27(4)10-8-17)20(30)18-12-26-29(15(18)3)19-6-5-16(11-25-19)21(22,23)24/h5-6,11-12,14,17H,7-10,13H2,1-4H3. The van der Waals surface area contributed by atoms with Gasteiger partial charge < -0.3 is 9.80 Å². The van der Waals surface area contributed by atoms with Gasteiger partial charge in [-0.3, -0.25) is 4.79 Å². The molecule has 1 saturated heterocycles. The number of amides is 1. The maximum atomic E-state index is 13.4. The highest BCUT2D eigenvalue weighted by atomic mass is 19.4. The Kier molecular flexibility index (Phi) is 6.50. The minimum absolute atomic E-state index is 0.0890. The first-order valence-corrected chi connectivity index (χ1v) is 10.2. The summed E-state index contributed by atoms with van der Waals surface area (Å²) >= 11 is 0. The van der Waals surface area contributed by atoms with Crippen LogP contribution in [-0.4, -0.2) is 63.2 Å². The van der Waals surface area contributed by atoms with Gasteiger partial charge in [-0.1, -0.05) is 13.8 Å². The van der Waals surface area contributed by atoms with Crippen LogP contribution in [0.1, 0.15) is 48.3 Å². The fourth-order valence-electron chi connectivity index (χ4n) is 3.78. The van der Waals surface area contributed by atoms with E-state index in [0.29, 0.717) is 23.7 Å². The third kappa shape index (κ3) is 4.83. The summed E-state index contributed by atoms with van der Waals surface area (Å²) in [6, 6.07) is 2.40. The molecular formula is C21H28F3N5O. The molecule has 30 heavy (non-hydrogen) atoms. The zero-order valence-corrected chi connectivity index (χ0v) is 17.8. The maximum absolute atomic E-state index is 13.4. The normalized spacial score (nSPS) is 16.3. The van der Waals surface area contributed by atoms with Crippen LogP contribution in [0.15, 0.2) is 24.5 Å². The molecule has 0 unspecified atom stereocenters. The molecule has 164 valence electrons. The Bertz CT molecular complexity index is 868. The summed E-state index contributed by atoms with van der Waals surface area (Å²) < 4.78 is 39.8. The second-order valence-corrected chi connectivity index (χ2v) is 8.34. The number of hydrogen-bond donors (Lipinski definition) is 0. The Balaban J connectivity index is 1.86. The fourth-order valence-corrected chi connectivity index (χ4v) is 3.78. The van der Waals surface area contributed by atoms with E-state index in [-0.39, 0.29) is 17.8 Å². The molecule has 0 bridgehead atoms. The quantitative estimate of drug-likeness (QED) is 0.734. The monoisotopic (exact) mass is 423 g/mol. The Morgan fingerprint density at radius 1 is 1.23 bits per heavy atom. The molecule has 0 saturated carbocycles. The Hall–Kier alpha value is -2.42. The highest BCUT2D eigenvalue weighted by molar-refractivity contribution is 5.95. The van der Waals surface area contributed by atoms with E-state index in [9.17, 15) is 18.0 Å². The van der Waals surface area contributed by atoms with Crippen molar-refractivity contribution < 1.29 is 18.0 Å². The number of carbonyl (C=O) groups excluding carboxylic acids is 1. The molecule has 0 spiro atoms. The fraction of sp³-hybridized carbons (Fsp3) is 0.571. The van der Waals surface area contributed by atoms with E-state index in [4.69, 9.17) is 0 Å². The zero-order valence-electron chi connectivity index (χ0n) is 17.8. The van der Waals surface area contributed by atoms with Crippen LogP contribution < -0.4 is 0 Å². The van der Waals surface area contributed by atoms with Gasteiger partial charge in [0.25, 0.3) is 5.91 Å². The number of hydrogen-bond acceptors (Lipinski definition) is 4. The first-order valence-electron chi connectivity index (χ1n) is 10.2. The lowest BCUT2D eigenvalue weighted by atomic mass is 10.0. The van der Waals surface area contributed by atoms with E-state index >= 15 is 0 Å². The molecule has 3 heterocycles. The molecule has 1 fully saturated rings. The van der Waals surface area contributed by atoms with Crippen LogP contribution in [0, 0.1) is 12.8 Å². The van der Waals surface area contributed by atoms with E-state index in [2.05, 4.69) is 35.9 Å². The molecule has 0 aromatic carbocycles. The predicted octanol–water partition coefficient (Wildman–Crippen LogP) is 3.79. The van der Waals surface area contributed by atoms with Crippen molar-refractivity contribution in [2.75, 3.05) is 26.7 Å². The Labute approximate surface area is 174 Å². The topological polar surface area (TPSA) is 54.3 Å². The average molecular weight is 423 g/mol. The number of halogens is 3. The molecule has 0 N–H and O–H groups in total. The summed E-state index contributed by atoms with van der Waals surface area (Å²) in [5.41, 5.74) is 0.197. The molecule has 6 nitrogen and oxygen atoms in total. The van der Waals surface area contributed by atoms with E-state index < -0.39 is 11.7 Å².